The fraction of sp³-hybridized carbons (Fsp3) is 0.700. The summed E-state index contributed by atoms with van der Waals surface area (Å²) < 4.78 is 0. The van der Waals surface area contributed by atoms with Crippen LogP contribution < -0.4 is 10.6 Å². The fourth-order valence-corrected chi connectivity index (χ4v) is 0.929. The van der Waals surface area contributed by atoms with Crippen LogP contribution in [0.15, 0.2) is 0 Å². The zero-order valence-corrected chi connectivity index (χ0v) is 8.23. The Labute approximate surface area is 80.3 Å². The van der Waals surface area contributed by atoms with Crippen molar-refractivity contribution in [3.8, 4) is 12.3 Å². The van der Waals surface area contributed by atoms with E-state index in [1.165, 1.54) is 0 Å². The van der Waals surface area contributed by atoms with Crippen LogP contribution in [0.3, 0.4) is 0 Å². The minimum absolute atomic E-state index is 0.0797. The monoisotopic (exact) mass is 182 g/mol. The Morgan fingerprint density at radius 3 is 2.77 bits per heavy atom. The zero-order valence-electron chi connectivity index (χ0n) is 8.23. The van der Waals surface area contributed by atoms with Gasteiger partial charge in [-0.05, 0) is 19.4 Å². The van der Waals surface area contributed by atoms with Gasteiger partial charge >= 0.3 is 0 Å². The third kappa shape index (κ3) is 8.90. The topological polar surface area (TPSA) is 41.1 Å². The maximum absolute atomic E-state index is 10.8. The van der Waals surface area contributed by atoms with Crippen molar-refractivity contribution in [3.63, 3.8) is 0 Å². The summed E-state index contributed by atoms with van der Waals surface area (Å²) in [6.07, 6.45) is 8.64. The van der Waals surface area contributed by atoms with Gasteiger partial charge in [0.15, 0.2) is 0 Å². The maximum atomic E-state index is 10.8. The van der Waals surface area contributed by atoms with E-state index in [2.05, 4.69) is 16.6 Å². The number of hydrogen-bond donors (Lipinski definition) is 2. The highest BCUT2D eigenvalue weighted by atomic mass is 16.1. The molecule has 0 rings (SSSR count). The molecular formula is C10H18N2O. The molecule has 74 valence electrons. The highest BCUT2D eigenvalue weighted by molar-refractivity contribution is 5.75. The largest absolute Gasteiger partial charge is 0.359 e. The number of nitrogens with one attached hydrogen (secondary N) is 2. The fourth-order valence-electron chi connectivity index (χ4n) is 0.929. The van der Waals surface area contributed by atoms with E-state index in [4.69, 9.17) is 6.42 Å². The van der Waals surface area contributed by atoms with Gasteiger partial charge < -0.3 is 10.6 Å². The molecule has 3 nitrogen and oxygen atoms in total. The lowest BCUT2D eigenvalue weighted by atomic mass is 10.2. The molecule has 0 atom stereocenters. The number of rotatable bonds is 7. The van der Waals surface area contributed by atoms with Gasteiger partial charge in [-0.2, -0.15) is 0 Å². The Kier molecular flexibility index (Phi) is 8.38. The molecule has 0 aromatic heterocycles. The summed E-state index contributed by atoms with van der Waals surface area (Å²) in [6, 6.07) is 0. The van der Waals surface area contributed by atoms with E-state index >= 15 is 0 Å². The third-order valence-electron chi connectivity index (χ3n) is 1.73. The second-order valence-corrected chi connectivity index (χ2v) is 2.83. The smallest absolute Gasteiger partial charge is 0.221 e. The van der Waals surface area contributed by atoms with Crippen molar-refractivity contribution in [3.05, 3.63) is 0 Å². The number of carbonyl (C=O) groups excluding carboxylic acids is 1. The van der Waals surface area contributed by atoms with Crippen LogP contribution in [0, 0.1) is 12.3 Å². The lowest BCUT2D eigenvalue weighted by Crippen LogP contribution is -2.25. The summed E-state index contributed by atoms with van der Waals surface area (Å²) >= 11 is 0. The zero-order chi connectivity index (χ0) is 9.94. The van der Waals surface area contributed by atoms with Crippen molar-refractivity contribution in [2.45, 2.75) is 25.7 Å². The van der Waals surface area contributed by atoms with Gasteiger partial charge in [-0.3, -0.25) is 4.79 Å². The van der Waals surface area contributed by atoms with Gasteiger partial charge in [-0.1, -0.05) is 0 Å². The molecule has 0 aliphatic rings. The first-order valence-corrected chi connectivity index (χ1v) is 4.66. The Morgan fingerprint density at radius 1 is 1.38 bits per heavy atom. The average Bonchev–Trinajstić information content (AvgIpc) is 2.16. The van der Waals surface area contributed by atoms with Crippen molar-refractivity contribution in [2.75, 3.05) is 20.1 Å². The molecule has 0 heterocycles. The normalized spacial score (nSPS) is 9.23. The van der Waals surface area contributed by atoms with Crippen LogP contribution >= 0.6 is 0 Å². The third-order valence-corrected chi connectivity index (χ3v) is 1.73. The Morgan fingerprint density at radius 2 is 2.15 bits per heavy atom. The number of carbonyl (C=O) groups is 1. The molecule has 0 radical (unpaired) electrons. The molecule has 0 aliphatic heterocycles. The molecule has 0 saturated heterocycles. The first-order valence-electron chi connectivity index (χ1n) is 4.66. The Bertz CT molecular complexity index is 172. The lowest BCUT2D eigenvalue weighted by Gasteiger charge is -2.02. The second kappa shape index (κ2) is 9.08. The molecular weight excluding hydrogens is 164 g/mol. The lowest BCUT2D eigenvalue weighted by molar-refractivity contribution is -0.120. The quantitative estimate of drug-likeness (QED) is 0.445. The summed E-state index contributed by atoms with van der Waals surface area (Å²) in [5, 5.41) is 5.75. The first-order chi connectivity index (χ1) is 6.31. The number of amides is 1. The van der Waals surface area contributed by atoms with Crippen LogP contribution in [-0.4, -0.2) is 26.0 Å². The van der Waals surface area contributed by atoms with E-state index in [-0.39, 0.29) is 5.91 Å². The van der Waals surface area contributed by atoms with Crippen LogP contribution in [0.5, 0.6) is 0 Å². The van der Waals surface area contributed by atoms with Crippen LogP contribution in [0.25, 0.3) is 0 Å². The van der Waals surface area contributed by atoms with Crippen LogP contribution in [0.4, 0.5) is 0 Å². The van der Waals surface area contributed by atoms with Gasteiger partial charge in [0.05, 0.1) is 0 Å². The SMILES string of the molecule is C#CCCCCNCCC(=O)NC. The minimum Gasteiger partial charge on any atom is -0.359 e. The summed E-state index contributed by atoms with van der Waals surface area (Å²) in [6.45, 7) is 1.69. The van der Waals surface area contributed by atoms with Crippen molar-refractivity contribution in [1.82, 2.24) is 10.6 Å². The van der Waals surface area contributed by atoms with E-state index < -0.39 is 0 Å². The molecule has 0 bridgehead atoms. The summed E-state index contributed by atoms with van der Waals surface area (Å²) in [5.41, 5.74) is 0. The molecule has 0 unspecified atom stereocenters. The van der Waals surface area contributed by atoms with Crippen molar-refractivity contribution in [2.24, 2.45) is 0 Å². The molecule has 2 N–H and O–H groups in total. The predicted molar refractivity (Wildman–Crippen MR) is 54.2 cm³/mol. The Hall–Kier alpha value is -1.01. The summed E-state index contributed by atoms with van der Waals surface area (Å²) in [5.74, 6) is 2.67. The van der Waals surface area contributed by atoms with Gasteiger partial charge in [0.1, 0.15) is 0 Å². The van der Waals surface area contributed by atoms with Crippen molar-refractivity contribution in [1.29, 1.82) is 0 Å². The number of hydrogen-bond acceptors (Lipinski definition) is 2. The molecule has 0 aromatic rings. The van der Waals surface area contributed by atoms with Crippen LogP contribution in [-0.2, 0) is 4.79 Å². The Balaban J connectivity index is 3.00. The second-order valence-electron chi connectivity index (χ2n) is 2.83. The van der Waals surface area contributed by atoms with Gasteiger partial charge in [0.25, 0.3) is 0 Å². The van der Waals surface area contributed by atoms with E-state index in [9.17, 15) is 4.79 Å². The maximum Gasteiger partial charge on any atom is 0.221 e. The highest BCUT2D eigenvalue weighted by Crippen LogP contribution is 1.91. The minimum atomic E-state index is 0.0797. The molecule has 0 aromatic carbocycles. The van der Waals surface area contributed by atoms with E-state index in [0.717, 1.165) is 32.4 Å². The predicted octanol–water partition coefficient (Wildman–Crippen LogP) is 0.516. The van der Waals surface area contributed by atoms with E-state index in [1.807, 2.05) is 0 Å². The van der Waals surface area contributed by atoms with Crippen LogP contribution in [0.1, 0.15) is 25.7 Å². The first kappa shape index (κ1) is 12.0. The van der Waals surface area contributed by atoms with Gasteiger partial charge in [0.2, 0.25) is 5.91 Å². The molecule has 0 aliphatic carbocycles. The highest BCUT2D eigenvalue weighted by Gasteiger charge is 1.95. The van der Waals surface area contributed by atoms with Crippen molar-refractivity contribution < 1.29 is 4.79 Å². The molecule has 3 heteroatoms. The van der Waals surface area contributed by atoms with E-state index in [1.54, 1.807) is 7.05 Å². The molecule has 0 saturated carbocycles. The molecule has 1 amide bonds. The van der Waals surface area contributed by atoms with Gasteiger partial charge in [0, 0.05) is 26.4 Å². The standard InChI is InChI=1S/C10H18N2O/c1-3-4-5-6-8-12-9-7-10(13)11-2/h1,12H,4-9H2,2H3,(H,11,13). The molecule has 13 heavy (non-hydrogen) atoms. The summed E-state index contributed by atoms with van der Waals surface area (Å²) in [4.78, 5) is 10.8. The van der Waals surface area contributed by atoms with E-state index in [0.29, 0.717) is 6.42 Å². The summed E-state index contributed by atoms with van der Waals surface area (Å²) in [7, 11) is 1.65. The number of unbranched alkanes of at least 4 members (excludes halogenated alkanes) is 2. The van der Waals surface area contributed by atoms with Crippen molar-refractivity contribution >= 4 is 5.91 Å². The average molecular weight is 182 g/mol. The molecule has 0 spiro atoms. The van der Waals surface area contributed by atoms with Gasteiger partial charge in [-0.15, -0.1) is 12.3 Å². The van der Waals surface area contributed by atoms with Crippen LogP contribution in [0.2, 0.25) is 0 Å². The number of terminal acetylenes is 1. The van der Waals surface area contributed by atoms with Gasteiger partial charge in [-0.25, -0.2) is 0 Å². The molecule has 0 fully saturated rings.